The summed E-state index contributed by atoms with van der Waals surface area (Å²) in [6.07, 6.45) is 1.77. The Morgan fingerprint density at radius 2 is 1.76 bits per heavy atom. The first-order valence-electron chi connectivity index (χ1n) is 11.6. The fourth-order valence-corrected chi connectivity index (χ4v) is 4.48. The molecule has 1 aliphatic heterocycles. The van der Waals surface area contributed by atoms with E-state index in [4.69, 9.17) is 9.72 Å². The normalized spacial score (nSPS) is 14.0. The highest BCUT2D eigenvalue weighted by atomic mass is 16.5. The lowest BCUT2D eigenvalue weighted by Gasteiger charge is -2.36. The monoisotopic (exact) mass is 455 g/mol. The second-order valence-corrected chi connectivity index (χ2v) is 8.82. The second kappa shape index (κ2) is 9.17. The summed E-state index contributed by atoms with van der Waals surface area (Å²) >= 11 is 0. The highest BCUT2D eigenvalue weighted by Crippen LogP contribution is 2.24. The Hall–Kier alpha value is -3.87. The number of fused-ring (bicyclic) bond motifs is 1. The molecule has 3 heterocycles. The number of aromatic nitrogens is 3. The summed E-state index contributed by atoms with van der Waals surface area (Å²) in [4.78, 5) is 22.5. The zero-order chi connectivity index (χ0) is 23.7. The number of amides is 1. The van der Waals surface area contributed by atoms with Gasteiger partial charge in [-0.2, -0.15) is 5.10 Å². The number of anilines is 1. The number of hydrogen-bond acceptors (Lipinski definition) is 5. The Morgan fingerprint density at radius 3 is 2.50 bits per heavy atom. The number of benzene rings is 2. The maximum Gasteiger partial charge on any atom is 0.254 e. The van der Waals surface area contributed by atoms with Crippen LogP contribution in [0.15, 0.2) is 60.8 Å². The minimum absolute atomic E-state index is 0.0377. The predicted octanol–water partition coefficient (Wildman–Crippen LogP) is 4.07. The molecule has 2 aromatic heterocycles. The van der Waals surface area contributed by atoms with Crippen molar-refractivity contribution in [3.63, 3.8) is 0 Å². The van der Waals surface area contributed by atoms with Gasteiger partial charge in [0.15, 0.2) is 5.65 Å². The van der Waals surface area contributed by atoms with Gasteiger partial charge in [0.25, 0.3) is 5.91 Å². The van der Waals surface area contributed by atoms with Crippen LogP contribution in [-0.4, -0.2) is 58.9 Å². The van der Waals surface area contributed by atoms with Crippen molar-refractivity contribution in [2.45, 2.75) is 20.4 Å². The van der Waals surface area contributed by atoms with Crippen LogP contribution in [0.4, 0.5) is 5.69 Å². The van der Waals surface area contributed by atoms with Crippen molar-refractivity contribution in [2.75, 3.05) is 38.2 Å². The van der Waals surface area contributed by atoms with Crippen molar-refractivity contribution < 1.29 is 9.53 Å². The largest absolute Gasteiger partial charge is 0.497 e. The van der Waals surface area contributed by atoms with E-state index in [0.29, 0.717) is 25.2 Å². The summed E-state index contributed by atoms with van der Waals surface area (Å²) in [7, 11) is 1.68. The summed E-state index contributed by atoms with van der Waals surface area (Å²) in [6.45, 7) is 7.50. The van der Waals surface area contributed by atoms with Crippen molar-refractivity contribution in [2.24, 2.45) is 0 Å². The molecule has 0 saturated carbocycles. The first-order chi connectivity index (χ1) is 16.5. The lowest BCUT2D eigenvalue weighted by molar-refractivity contribution is 0.0748. The first kappa shape index (κ1) is 21.9. The van der Waals surface area contributed by atoms with Crippen LogP contribution >= 0.6 is 0 Å². The van der Waals surface area contributed by atoms with Crippen LogP contribution in [0, 0.1) is 13.8 Å². The first-order valence-corrected chi connectivity index (χ1v) is 11.6. The van der Waals surface area contributed by atoms with Gasteiger partial charge in [-0.1, -0.05) is 35.9 Å². The summed E-state index contributed by atoms with van der Waals surface area (Å²) in [6, 6.07) is 18.3. The molecule has 0 atom stereocenters. The van der Waals surface area contributed by atoms with E-state index in [1.54, 1.807) is 13.3 Å². The van der Waals surface area contributed by atoms with Crippen molar-refractivity contribution in [3.8, 4) is 5.75 Å². The summed E-state index contributed by atoms with van der Waals surface area (Å²) in [5, 5.41) is 5.38. The molecule has 0 radical (unpaired) electrons. The molecule has 1 aliphatic rings. The van der Waals surface area contributed by atoms with Crippen LogP contribution in [0.1, 0.15) is 27.2 Å². The Labute approximate surface area is 199 Å². The minimum Gasteiger partial charge on any atom is -0.497 e. The van der Waals surface area contributed by atoms with Gasteiger partial charge in [-0.25, -0.2) is 9.67 Å². The number of rotatable bonds is 5. The van der Waals surface area contributed by atoms with E-state index in [2.05, 4.69) is 47.3 Å². The quantitative estimate of drug-likeness (QED) is 0.454. The van der Waals surface area contributed by atoms with Gasteiger partial charge in [-0.3, -0.25) is 4.79 Å². The SMILES string of the molecule is COc1cccc(N2CCN(C(=O)c3cc(C)nc4c3cnn4Cc3ccc(C)cc3)CC2)c1. The second-order valence-electron chi connectivity index (χ2n) is 8.82. The van der Waals surface area contributed by atoms with Crippen molar-refractivity contribution in [1.82, 2.24) is 19.7 Å². The summed E-state index contributed by atoms with van der Waals surface area (Å²) in [5.41, 5.74) is 5.73. The van der Waals surface area contributed by atoms with E-state index in [-0.39, 0.29) is 5.91 Å². The third kappa shape index (κ3) is 4.33. The molecule has 4 aromatic rings. The molecule has 0 aliphatic carbocycles. The molecule has 7 nitrogen and oxygen atoms in total. The van der Waals surface area contributed by atoms with Gasteiger partial charge in [0.05, 0.1) is 30.8 Å². The number of ether oxygens (including phenoxy) is 1. The van der Waals surface area contributed by atoms with Crippen LogP contribution < -0.4 is 9.64 Å². The third-order valence-electron chi connectivity index (χ3n) is 6.41. The van der Waals surface area contributed by atoms with Gasteiger partial charge in [-0.15, -0.1) is 0 Å². The highest BCUT2D eigenvalue weighted by molar-refractivity contribution is 6.05. The molecule has 2 aromatic carbocycles. The lowest BCUT2D eigenvalue weighted by atomic mass is 10.1. The molecule has 0 unspecified atom stereocenters. The Balaban J connectivity index is 1.35. The molecule has 1 amide bonds. The van der Waals surface area contributed by atoms with Crippen molar-refractivity contribution in [1.29, 1.82) is 0 Å². The lowest BCUT2D eigenvalue weighted by Crippen LogP contribution is -2.48. The number of hydrogen-bond donors (Lipinski definition) is 0. The van der Waals surface area contributed by atoms with E-state index in [1.165, 1.54) is 5.56 Å². The molecule has 34 heavy (non-hydrogen) atoms. The topological polar surface area (TPSA) is 63.5 Å². The summed E-state index contributed by atoms with van der Waals surface area (Å²) < 4.78 is 7.23. The number of piperazine rings is 1. The average molecular weight is 456 g/mol. The van der Waals surface area contributed by atoms with Gasteiger partial charge < -0.3 is 14.5 Å². The standard InChI is InChI=1S/C27H29N5O2/c1-19-7-9-21(10-8-19)18-32-26-25(17-28-32)24(15-20(2)29-26)27(33)31-13-11-30(12-14-31)22-5-4-6-23(16-22)34-3/h4-10,15-17H,11-14,18H2,1-3H3. The molecule has 5 rings (SSSR count). The molecule has 0 N–H and O–H groups in total. The zero-order valence-electron chi connectivity index (χ0n) is 19.9. The number of pyridine rings is 1. The average Bonchev–Trinajstić information content (AvgIpc) is 3.27. The molecule has 1 saturated heterocycles. The van der Waals surface area contributed by atoms with Crippen LogP contribution in [0.5, 0.6) is 5.75 Å². The Morgan fingerprint density at radius 1 is 1.00 bits per heavy atom. The number of carbonyl (C=O) groups is 1. The zero-order valence-corrected chi connectivity index (χ0v) is 19.9. The van der Waals surface area contributed by atoms with E-state index >= 15 is 0 Å². The van der Waals surface area contributed by atoms with Crippen LogP contribution in [-0.2, 0) is 6.54 Å². The number of nitrogens with zero attached hydrogens (tertiary/aromatic N) is 5. The van der Waals surface area contributed by atoms with Gasteiger partial charge >= 0.3 is 0 Å². The van der Waals surface area contributed by atoms with E-state index < -0.39 is 0 Å². The van der Waals surface area contributed by atoms with Crippen molar-refractivity contribution >= 4 is 22.6 Å². The molecule has 174 valence electrons. The highest BCUT2D eigenvalue weighted by Gasteiger charge is 2.25. The van der Waals surface area contributed by atoms with Crippen LogP contribution in [0.25, 0.3) is 11.0 Å². The maximum atomic E-state index is 13.5. The van der Waals surface area contributed by atoms with Crippen molar-refractivity contribution in [3.05, 3.63) is 83.2 Å². The molecular weight excluding hydrogens is 426 g/mol. The Kier molecular flexibility index (Phi) is 5.92. The van der Waals surface area contributed by atoms with Gasteiger partial charge in [0, 0.05) is 43.6 Å². The van der Waals surface area contributed by atoms with E-state index in [9.17, 15) is 4.79 Å². The van der Waals surface area contributed by atoms with Gasteiger partial charge in [0.1, 0.15) is 5.75 Å². The molecule has 7 heteroatoms. The maximum absolute atomic E-state index is 13.5. The molecule has 0 spiro atoms. The van der Waals surface area contributed by atoms with E-state index in [0.717, 1.165) is 46.8 Å². The molecule has 0 bridgehead atoms. The smallest absolute Gasteiger partial charge is 0.254 e. The number of aryl methyl sites for hydroxylation is 2. The fourth-order valence-electron chi connectivity index (χ4n) is 4.48. The van der Waals surface area contributed by atoms with Crippen LogP contribution in [0.2, 0.25) is 0 Å². The molecular formula is C27H29N5O2. The number of methoxy groups -OCH3 is 1. The van der Waals surface area contributed by atoms with Gasteiger partial charge in [0.2, 0.25) is 0 Å². The van der Waals surface area contributed by atoms with Crippen LogP contribution in [0.3, 0.4) is 0 Å². The third-order valence-corrected chi connectivity index (χ3v) is 6.41. The minimum atomic E-state index is 0.0377. The predicted molar refractivity (Wildman–Crippen MR) is 134 cm³/mol. The number of carbonyl (C=O) groups excluding carboxylic acids is 1. The van der Waals surface area contributed by atoms with E-state index in [1.807, 2.05) is 40.8 Å². The summed E-state index contributed by atoms with van der Waals surface area (Å²) in [5.74, 6) is 0.879. The Bertz CT molecular complexity index is 1320. The van der Waals surface area contributed by atoms with Gasteiger partial charge in [-0.05, 0) is 37.6 Å². The fraction of sp³-hybridized carbons (Fsp3) is 0.296. The molecule has 1 fully saturated rings.